The Morgan fingerprint density at radius 3 is 1.88 bits per heavy atom. The lowest BCUT2D eigenvalue weighted by molar-refractivity contribution is -0.140. The number of aromatic nitrogens is 1. The molecule has 1 unspecified atom stereocenters. The van der Waals surface area contributed by atoms with Crippen LogP contribution >= 0.6 is 81.2 Å². The van der Waals surface area contributed by atoms with E-state index in [4.69, 9.17) is 81.2 Å². The Kier molecular flexibility index (Phi) is 10.7. The number of Topliss-reactive ketones (excluding diaryl/α,β-unsaturated/α-hetero) is 1. The molecule has 1 N–H and O–H groups in total. The van der Waals surface area contributed by atoms with Crippen molar-refractivity contribution in [3.05, 3.63) is 94.1 Å². The molecule has 1 atom stereocenters. The number of carbonyl (C=O) groups is 1. The van der Waals surface area contributed by atoms with Gasteiger partial charge in [-0.3, -0.25) is 4.79 Å². The van der Waals surface area contributed by atoms with Crippen LogP contribution in [-0.2, 0) is 6.18 Å². The molecule has 0 spiro atoms. The SMILES string of the molecule is O=C(CNc1c(Cl)c(Cl)nc(Cl)c1Cl)c1ccc(/C(F)=C/C(c2cc(Cl)c(Cl)c(Cl)c2)C(F)(F)F)cc1C(F)(F)F. The van der Waals surface area contributed by atoms with Gasteiger partial charge >= 0.3 is 12.4 Å². The number of halogens is 14. The molecule has 17 heteroatoms. The molecule has 0 bridgehead atoms. The molecule has 41 heavy (non-hydrogen) atoms. The lowest BCUT2D eigenvalue weighted by Gasteiger charge is -2.19. The van der Waals surface area contributed by atoms with Crippen LogP contribution in [0.25, 0.3) is 5.83 Å². The van der Waals surface area contributed by atoms with Gasteiger partial charge in [0.25, 0.3) is 0 Å². The summed E-state index contributed by atoms with van der Waals surface area (Å²) in [4.78, 5) is 16.3. The zero-order chi connectivity index (χ0) is 31.0. The van der Waals surface area contributed by atoms with Crippen molar-refractivity contribution in [2.45, 2.75) is 18.3 Å². The van der Waals surface area contributed by atoms with Crippen molar-refractivity contribution in [3.63, 3.8) is 0 Å². The Balaban J connectivity index is 2.01. The number of ketones is 1. The number of alkyl halides is 6. The molecule has 0 aliphatic carbocycles. The van der Waals surface area contributed by atoms with Crippen LogP contribution in [0.2, 0.25) is 35.4 Å². The summed E-state index contributed by atoms with van der Waals surface area (Å²) in [5, 5.41) is 0.317. The first-order chi connectivity index (χ1) is 18.8. The van der Waals surface area contributed by atoms with Crippen molar-refractivity contribution in [2.75, 3.05) is 11.9 Å². The fourth-order valence-corrected chi connectivity index (χ4v) is 4.92. The van der Waals surface area contributed by atoms with Gasteiger partial charge in [-0.25, -0.2) is 9.37 Å². The maximum atomic E-state index is 15.1. The van der Waals surface area contributed by atoms with E-state index in [0.29, 0.717) is 12.1 Å². The molecule has 0 aliphatic rings. The van der Waals surface area contributed by atoms with Crippen molar-refractivity contribution in [1.82, 2.24) is 4.98 Å². The maximum absolute atomic E-state index is 15.1. The summed E-state index contributed by atoms with van der Waals surface area (Å²) >= 11 is 40.8. The number of carbonyl (C=O) groups excluding carboxylic acids is 1. The molecule has 0 fully saturated rings. The summed E-state index contributed by atoms with van der Waals surface area (Å²) < 4.78 is 98.1. The molecule has 0 saturated heterocycles. The number of anilines is 1. The van der Waals surface area contributed by atoms with Crippen LogP contribution in [-0.4, -0.2) is 23.5 Å². The van der Waals surface area contributed by atoms with Crippen LogP contribution in [0.5, 0.6) is 0 Å². The zero-order valence-corrected chi connectivity index (χ0v) is 24.7. The van der Waals surface area contributed by atoms with Crippen LogP contribution in [0.3, 0.4) is 0 Å². The normalized spacial score (nSPS) is 13.4. The van der Waals surface area contributed by atoms with Gasteiger partial charge < -0.3 is 5.32 Å². The summed E-state index contributed by atoms with van der Waals surface area (Å²) in [5.41, 5.74) is -4.24. The van der Waals surface area contributed by atoms with E-state index in [2.05, 4.69) is 10.3 Å². The largest absolute Gasteiger partial charge is 0.417 e. The third-order valence-electron chi connectivity index (χ3n) is 5.36. The Morgan fingerprint density at radius 2 is 1.39 bits per heavy atom. The predicted molar refractivity (Wildman–Crippen MR) is 148 cm³/mol. The van der Waals surface area contributed by atoms with Gasteiger partial charge in [0.2, 0.25) is 0 Å². The second-order valence-corrected chi connectivity index (χ2v) is 10.7. The minimum atomic E-state index is -5.21. The first kappa shape index (κ1) is 33.8. The van der Waals surface area contributed by atoms with E-state index in [0.717, 1.165) is 12.1 Å². The topological polar surface area (TPSA) is 42.0 Å². The van der Waals surface area contributed by atoms with Crippen LogP contribution in [0, 0.1) is 0 Å². The van der Waals surface area contributed by atoms with Crippen LogP contribution in [0.15, 0.2) is 36.4 Å². The fraction of sp³-hybridized carbons (Fsp3) is 0.167. The van der Waals surface area contributed by atoms with Crippen LogP contribution in [0.1, 0.15) is 33.0 Å². The predicted octanol–water partition coefficient (Wildman–Crippen LogP) is 11.6. The number of rotatable bonds is 7. The van der Waals surface area contributed by atoms with Gasteiger partial charge in [0, 0.05) is 11.1 Å². The number of hydrogen-bond acceptors (Lipinski definition) is 3. The van der Waals surface area contributed by atoms with E-state index in [1.165, 1.54) is 0 Å². The highest BCUT2D eigenvalue weighted by atomic mass is 35.5. The van der Waals surface area contributed by atoms with Gasteiger partial charge in [0.05, 0.1) is 32.9 Å². The smallest absolute Gasteiger partial charge is 0.375 e. The van der Waals surface area contributed by atoms with E-state index in [1.807, 2.05) is 0 Å². The summed E-state index contributed by atoms with van der Waals surface area (Å²) in [5.74, 6) is -5.50. The van der Waals surface area contributed by atoms with E-state index in [9.17, 15) is 31.1 Å². The highest BCUT2D eigenvalue weighted by Crippen LogP contribution is 2.43. The first-order valence-corrected chi connectivity index (χ1v) is 13.2. The molecule has 3 nitrogen and oxygen atoms in total. The fourth-order valence-electron chi connectivity index (χ4n) is 3.45. The van der Waals surface area contributed by atoms with E-state index in [1.54, 1.807) is 0 Å². The molecule has 0 amide bonds. The number of nitrogens with zero attached hydrogens (tertiary/aromatic N) is 1. The third-order valence-corrected chi connectivity index (χ3v) is 8.03. The molecule has 3 rings (SSSR count). The first-order valence-electron chi connectivity index (χ1n) is 10.6. The molecule has 0 saturated carbocycles. The Bertz CT molecular complexity index is 1490. The van der Waals surface area contributed by atoms with E-state index >= 15 is 4.39 Å². The van der Waals surface area contributed by atoms with Gasteiger partial charge in [-0.1, -0.05) is 93.3 Å². The number of benzene rings is 2. The molecular formula is C24H10Cl7F7N2O. The van der Waals surface area contributed by atoms with Crippen molar-refractivity contribution in [2.24, 2.45) is 0 Å². The summed E-state index contributed by atoms with van der Waals surface area (Å²) in [7, 11) is 0. The quantitative estimate of drug-likeness (QED) is 0.114. The van der Waals surface area contributed by atoms with Gasteiger partial charge in [0.1, 0.15) is 21.8 Å². The maximum Gasteiger partial charge on any atom is 0.417 e. The molecule has 3 aromatic rings. The number of pyridine rings is 1. The lowest BCUT2D eigenvalue weighted by Crippen LogP contribution is -2.20. The summed E-state index contributed by atoms with van der Waals surface area (Å²) in [6.45, 7) is -0.814. The molecule has 1 heterocycles. The number of allylic oxidation sites excluding steroid dienone is 1. The van der Waals surface area contributed by atoms with Gasteiger partial charge in [0.15, 0.2) is 16.1 Å². The average molecular weight is 724 g/mol. The Hall–Kier alpha value is -1.66. The van der Waals surface area contributed by atoms with Crippen LogP contribution < -0.4 is 5.32 Å². The van der Waals surface area contributed by atoms with Gasteiger partial charge in [-0.2, -0.15) is 26.3 Å². The minimum Gasteiger partial charge on any atom is -0.375 e. The van der Waals surface area contributed by atoms with E-state index in [-0.39, 0.29) is 53.2 Å². The number of hydrogen-bond donors (Lipinski definition) is 1. The van der Waals surface area contributed by atoms with E-state index < -0.39 is 58.7 Å². The second kappa shape index (κ2) is 12.9. The molecule has 2 aromatic carbocycles. The lowest BCUT2D eigenvalue weighted by atomic mass is 9.95. The zero-order valence-electron chi connectivity index (χ0n) is 19.4. The highest BCUT2D eigenvalue weighted by Gasteiger charge is 2.41. The molecule has 0 aliphatic heterocycles. The molecular weight excluding hydrogens is 713 g/mol. The standard InChI is InChI=1S/C24H10Cl7F7N2O/c25-13-4-9(5-14(26)17(13)27)11(23(33,34)35)6-15(32)8-1-2-10(12(3-8)24(36,37)38)16(41)7-39-20-18(28)21(30)40-22(31)19(20)29/h1-6,11H,7H2,(H,39,40)/b15-6-. The second-order valence-electron chi connectivity index (χ2n) is 8.06. The van der Waals surface area contributed by atoms with Gasteiger partial charge in [-0.05, 0) is 29.8 Å². The minimum absolute atomic E-state index is 0.0509. The third kappa shape index (κ3) is 7.84. The van der Waals surface area contributed by atoms with Crippen molar-refractivity contribution >= 4 is 98.5 Å². The number of nitrogens with one attached hydrogen (secondary N) is 1. The summed E-state index contributed by atoms with van der Waals surface area (Å²) in [6.07, 6.45) is -10.3. The monoisotopic (exact) mass is 720 g/mol. The van der Waals surface area contributed by atoms with Crippen molar-refractivity contribution in [1.29, 1.82) is 0 Å². The molecule has 1 aromatic heterocycles. The van der Waals surface area contributed by atoms with Crippen molar-refractivity contribution in [3.8, 4) is 0 Å². The van der Waals surface area contributed by atoms with Crippen LogP contribution in [0.4, 0.5) is 36.4 Å². The Labute approximate surface area is 262 Å². The highest BCUT2D eigenvalue weighted by molar-refractivity contribution is 6.49. The Morgan fingerprint density at radius 1 is 0.854 bits per heavy atom. The molecule has 220 valence electrons. The average Bonchev–Trinajstić information content (AvgIpc) is 2.87. The molecule has 0 radical (unpaired) electrons. The van der Waals surface area contributed by atoms with Crippen molar-refractivity contribution < 1.29 is 35.5 Å². The summed E-state index contributed by atoms with van der Waals surface area (Å²) in [6, 6.07) is 3.13. The van der Waals surface area contributed by atoms with Gasteiger partial charge in [-0.15, -0.1) is 0 Å².